The lowest BCUT2D eigenvalue weighted by molar-refractivity contribution is -0.119. The second-order valence-corrected chi connectivity index (χ2v) is 5.72. The zero-order chi connectivity index (χ0) is 17.7. The fourth-order valence-corrected chi connectivity index (χ4v) is 2.35. The number of hydrogen-bond donors (Lipinski definition) is 1. The first-order valence-corrected chi connectivity index (χ1v) is 7.66. The number of nitrogens with zero attached hydrogens (tertiary/aromatic N) is 1. The molecule has 122 valence electrons. The second-order valence-electron chi connectivity index (χ2n) is 4.53. The Labute approximate surface area is 152 Å². The van der Waals surface area contributed by atoms with E-state index in [-0.39, 0.29) is 26.2 Å². The van der Waals surface area contributed by atoms with E-state index in [1.807, 2.05) is 6.07 Å². The maximum Gasteiger partial charge on any atom is 0.340 e. The summed E-state index contributed by atoms with van der Waals surface area (Å²) in [6.07, 6.45) is 0. The number of anilines is 1. The third-order valence-electron chi connectivity index (χ3n) is 2.88. The van der Waals surface area contributed by atoms with E-state index in [2.05, 4.69) is 5.32 Å². The molecule has 0 radical (unpaired) electrons. The summed E-state index contributed by atoms with van der Waals surface area (Å²) in [4.78, 5) is 23.7. The van der Waals surface area contributed by atoms with Crippen molar-refractivity contribution in [2.45, 2.75) is 0 Å². The average Bonchev–Trinajstić information content (AvgIpc) is 2.55. The van der Waals surface area contributed by atoms with Crippen molar-refractivity contribution in [3.63, 3.8) is 0 Å². The highest BCUT2D eigenvalue weighted by Gasteiger charge is 2.15. The number of ether oxygens (including phenoxy) is 1. The second kappa shape index (κ2) is 8.02. The predicted octanol–water partition coefficient (Wildman–Crippen LogP) is 4.31. The van der Waals surface area contributed by atoms with Gasteiger partial charge < -0.3 is 10.1 Å². The molecule has 0 atom stereocenters. The fraction of sp³-hybridized carbons (Fsp3) is 0.0625. The zero-order valence-electron chi connectivity index (χ0n) is 12.0. The molecule has 0 aliphatic heterocycles. The Morgan fingerprint density at radius 1 is 1.12 bits per heavy atom. The lowest BCUT2D eigenvalue weighted by Crippen LogP contribution is -2.21. The van der Waals surface area contributed by atoms with Gasteiger partial charge in [0.2, 0.25) is 0 Å². The number of benzene rings is 2. The normalized spacial score (nSPS) is 9.92. The van der Waals surface area contributed by atoms with E-state index < -0.39 is 18.5 Å². The summed E-state index contributed by atoms with van der Waals surface area (Å²) in [6, 6.07) is 10.8. The van der Waals surface area contributed by atoms with Crippen LogP contribution >= 0.6 is 34.8 Å². The fourth-order valence-electron chi connectivity index (χ4n) is 1.75. The summed E-state index contributed by atoms with van der Waals surface area (Å²) >= 11 is 17.6. The van der Waals surface area contributed by atoms with Gasteiger partial charge in [0, 0.05) is 5.69 Å². The molecule has 0 saturated carbocycles. The first kappa shape index (κ1) is 18.1. The molecule has 0 unspecified atom stereocenters. The largest absolute Gasteiger partial charge is 0.452 e. The summed E-state index contributed by atoms with van der Waals surface area (Å²) in [6.45, 7) is -0.515. The molecule has 24 heavy (non-hydrogen) atoms. The van der Waals surface area contributed by atoms with Crippen molar-refractivity contribution in [3.8, 4) is 6.07 Å². The minimum atomic E-state index is -0.768. The van der Waals surface area contributed by atoms with Crippen molar-refractivity contribution in [2.75, 3.05) is 11.9 Å². The van der Waals surface area contributed by atoms with Gasteiger partial charge in [-0.2, -0.15) is 5.26 Å². The van der Waals surface area contributed by atoms with Crippen LogP contribution in [0.15, 0.2) is 36.4 Å². The molecule has 1 amide bonds. The molecular weight excluding hydrogens is 375 g/mol. The molecule has 1 N–H and O–H groups in total. The van der Waals surface area contributed by atoms with Crippen molar-refractivity contribution in [1.29, 1.82) is 5.26 Å². The lowest BCUT2D eigenvalue weighted by atomic mass is 10.2. The predicted molar refractivity (Wildman–Crippen MR) is 91.5 cm³/mol. The van der Waals surface area contributed by atoms with Crippen molar-refractivity contribution in [2.24, 2.45) is 0 Å². The van der Waals surface area contributed by atoms with Crippen LogP contribution in [0, 0.1) is 11.3 Å². The first-order chi connectivity index (χ1) is 11.4. The van der Waals surface area contributed by atoms with E-state index in [0.29, 0.717) is 5.69 Å². The third-order valence-corrected chi connectivity index (χ3v) is 4.01. The van der Waals surface area contributed by atoms with Crippen LogP contribution in [0.4, 0.5) is 5.69 Å². The van der Waals surface area contributed by atoms with Crippen LogP contribution in [0.5, 0.6) is 0 Å². The Kier molecular flexibility index (Phi) is 6.04. The van der Waals surface area contributed by atoms with Gasteiger partial charge in [-0.1, -0.05) is 40.9 Å². The molecule has 5 nitrogen and oxygen atoms in total. The molecule has 8 heteroatoms. The van der Waals surface area contributed by atoms with Gasteiger partial charge in [0.15, 0.2) is 6.61 Å². The molecule has 0 aromatic heterocycles. The quantitative estimate of drug-likeness (QED) is 0.798. The summed E-state index contributed by atoms with van der Waals surface area (Å²) in [5, 5.41) is 11.8. The van der Waals surface area contributed by atoms with E-state index in [9.17, 15) is 9.59 Å². The maximum atomic E-state index is 11.9. The average molecular weight is 384 g/mol. The zero-order valence-corrected chi connectivity index (χ0v) is 14.2. The number of carbonyl (C=O) groups excluding carboxylic acids is 2. The van der Waals surface area contributed by atoms with Gasteiger partial charge in [0.05, 0.1) is 26.2 Å². The molecule has 0 heterocycles. The molecule has 0 bridgehead atoms. The molecular formula is C16H9Cl3N2O3. The van der Waals surface area contributed by atoms with E-state index in [4.69, 9.17) is 44.8 Å². The number of halogens is 3. The topological polar surface area (TPSA) is 79.2 Å². The van der Waals surface area contributed by atoms with Crippen LogP contribution in [0.1, 0.15) is 15.9 Å². The summed E-state index contributed by atoms with van der Waals surface area (Å²) in [5.41, 5.74) is 0.732. The summed E-state index contributed by atoms with van der Waals surface area (Å²) in [5.74, 6) is -1.34. The standard InChI is InChI=1S/C16H9Cl3N2O3/c17-12-3-1-2-11(15(12)19)16(23)24-8-14(22)21-10-5-4-9(7-20)13(18)6-10/h1-6H,8H2,(H,21,22). The van der Waals surface area contributed by atoms with Crippen molar-refractivity contribution in [3.05, 3.63) is 62.6 Å². The number of hydrogen-bond acceptors (Lipinski definition) is 4. The van der Waals surface area contributed by atoms with Crippen LogP contribution < -0.4 is 5.32 Å². The Bertz CT molecular complexity index is 847. The highest BCUT2D eigenvalue weighted by atomic mass is 35.5. The van der Waals surface area contributed by atoms with Crippen LogP contribution in [0.3, 0.4) is 0 Å². The van der Waals surface area contributed by atoms with Gasteiger partial charge in [0.25, 0.3) is 5.91 Å². The van der Waals surface area contributed by atoms with Gasteiger partial charge in [-0.05, 0) is 30.3 Å². The van der Waals surface area contributed by atoms with E-state index in [1.54, 1.807) is 6.07 Å². The van der Waals surface area contributed by atoms with Crippen molar-refractivity contribution in [1.82, 2.24) is 0 Å². The van der Waals surface area contributed by atoms with Gasteiger partial charge in [-0.15, -0.1) is 0 Å². The van der Waals surface area contributed by atoms with Crippen molar-refractivity contribution >= 4 is 52.4 Å². The van der Waals surface area contributed by atoms with Crippen molar-refractivity contribution < 1.29 is 14.3 Å². The van der Waals surface area contributed by atoms with E-state index >= 15 is 0 Å². The smallest absolute Gasteiger partial charge is 0.340 e. The van der Waals surface area contributed by atoms with E-state index in [0.717, 1.165) is 0 Å². The van der Waals surface area contributed by atoms with Crippen LogP contribution in [-0.4, -0.2) is 18.5 Å². The number of rotatable bonds is 4. The Balaban J connectivity index is 1.96. The number of nitriles is 1. The molecule has 0 aliphatic carbocycles. The van der Waals surface area contributed by atoms with Crippen LogP contribution in [0.2, 0.25) is 15.1 Å². The first-order valence-electron chi connectivity index (χ1n) is 6.53. The van der Waals surface area contributed by atoms with Gasteiger partial charge in [0.1, 0.15) is 6.07 Å². The SMILES string of the molecule is N#Cc1ccc(NC(=O)COC(=O)c2cccc(Cl)c2Cl)cc1Cl. The van der Waals surface area contributed by atoms with Gasteiger partial charge in [-0.25, -0.2) is 4.79 Å². The third kappa shape index (κ3) is 4.39. The van der Waals surface area contributed by atoms with Gasteiger partial charge >= 0.3 is 5.97 Å². The molecule has 2 aromatic carbocycles. The maximum absolute atomic E-state index is 11.9. The highest BCUT2D eigenvalue weighted by molar-refractivity contribution is 6.43. The highest BCUT2D eigenvalue weighted by Crippen LogP contribution is 2.26. The monoisotopic (exact) mass is 382 g/mol. The van der Waals surface area contributed by atoms with E-state index in [1.165, 1.54) is 30.3 Å². The number of amides is 1. The molecule has 0 saturated heterocycles. The summed E-state index contributed by atoms with van der Waals surface area (Å²) in [7, 11) is 0. The number of carbonyl (C=O) groups is 2. The molecule has 2 rings (SSSR count). The van der Waals surface area contributed by atoms with Crippen LogP contribution in [-0.2, 0) is 9.53 Å². The Hall–Kier alpha value is -2.26. The summed E-state index contributed by atoms with van der Waals surface area (Å²) < 4.78 is 4.89. The van der Waals surface area contributed by atoms with Gasteiger partial charge in [-0.3, -0.25) is 4.79 Å². The minimum Gasteiger partial charge on any atom is -0.452 e. The Morgan fingerprint density at radius 2 is 1.88 bits per heavy atom. The molecule has 0 fully saturated rings. The molecule has 0 aliphatic rings. The molecule has 0 spiro atoms. The Morgan fingerprint density at radius 3 is 2.54 bits per heavy atom. The van der Waals surface area contributed by atoms with Crippen LogP contribution in [0.25, 0.3) is 0 Å². The minimum absolute atomic E-state index is 0.0587. The number of esters is 1. The number of nitrogens with one attached hydrogen (secondary N) is 1. The lowest BCUT2D eigenvalue weighted by Gasteiger charge is -2.08. The molecule has 2 aromatic rings.